The minimum atomic E-state index is -0.416. The van der Waals surface area contributed by atoms with E-state index in [1.54, 1.807) is 0 Å². The Morgan fingerprint density at radius 1 is 1.30 bits per heavy atom. The van der Waals surface area contributed by atoms with Gasteiger partial charge in [-0.05, 0) is 39.2 Å². The molecule has 1 atom stereocenters. The van der Waals surface area contributed by atoms with Crippen LogP contribution in [0.3, 0.4) is 0 Å². The summed E-state index contributed by atoms with van der Waals surface area (Å²) < 4.78 is 5.48. The van der Waals surface area contributed by atoms with E-state index in [-0.39, 0.29) is 11.5 Å². The third-order valence-electron chi connectivity index (χ3n) is 4.97. The molecule has 1 heterocycles. The molecule has 126 valence electrons. The molecule has 4 heteroatoms. The lowest BCUT2D eigenvalue weighted by Crippen LogP contribution is -2.64. The van der Waals surface area contributed by atoms with Gasteiger partial charge in [-0.3, -0.25) is 0 Å². The molecule has 0 aromatic heterocycles. The quantitative estimate of drug-likeness (QED) is 0.927. The molecule has 1 aromatic carbocycles. The zero-order valence-corrected chi connectivity index (χ0v) is 14.5. The van der Waals surface area contributed by atoms with Gasteiger partial charge in [0.25, 0.3) is 0 Å². The van der Waals surface area contributed by atoms with E-state index in [2.05, 4.69) is 29.6 Å². The molecule has 1 aliphatic carbocycles. The first-order valence-electron chi connectivity index (χ1n) is 8.63. The monoisotopic (exact) mass is 316 g/mol. The summed E-state index contributed by atoms with van der Waals surface area (Å²) in [5.41, 5.74) is 1.16. The third kappa shape index (κ3) is 3.69. The Bertz CT molecular complexity index is 544. The molecule has 23 heavy (non-hydrogen) atoms. The van der Waals surface area contributed by atoms with Gasteiger partial charge in [0.15, 0.2) is 0 Å². The smallest absolute Gasteiger partial charge is 0.410 e. The molecular formula is C19H28N2O2. The van der Waals surface area contributed by atoms with Gasteiger partial charge in [0.1, 0.15) is 5.60 Å². The number of carbonyl (C=O) groups excluding carboxylic acids is 1. The van der Waals surface area contributed by atoms with Crippen molar-refractivity contribution in [2.24, 2.45) is 5.41 Å². The topological polar surface area (TPSA) is 41.6 Å². The van der Waals surface area contributed by atoms with Crippen LogP contribution in [0.25, 0.3) is 0 Å². The third-order valence-corrected chi connectivity index (χ3v) is 4.97. The Balaban J connectivity index is 1.53. The maximum Gasteiger partial charge on any atom is 0.410 e. The number of nitrogens with one attached hydrogen (secondary N) is 1. The van der Waals surface area contributed by atoms with Gasteiger partial charge < -0.3 is 15.0 Å². The highest BCUT2D eigenvalue weighted by Gasteiger charge is 2.53. The van der Waals surface area contributed by atoms with Gasteiger partial charge in [0, 0.05) is 31.1 Å². The summed E-state index contributed by atoms with van der Waals surface area (Å²) in [7, 11) is 0. The summed E-state index contributed by atoms with van der Waals surface area (Å²) in [5.74, 6) is 0. The van der Waals surface area contributed by atoms with Crippen molar-refractivity contribution >= 4 is 6.09 Å². The standard InChI is InChI=1S/C19H28N2O2/c1-18(2,3)23-17(22)21-13-19(14-21)11-7-10-16(19)20-12-15-8-5-4-6-9-15/h4-6,8-9,16,20H,7,10-14H2,1-3H3. The fraction of sp³-hybridized carbons (Fsp3) is 0.632. The normalized spacial score (nSPS) is 22.9. The molecule has 2 fully saturated rings. The Hall–Kier alpha value is -1.55. The van der Waals surface area contributed by atoms with E-state index < -0.39 is 5.60 Å². The average molecular weight is 316 g/mol. The number of nitrogens with zero attached hydrogens (tertiary/aromatic N) is 1. The van der Waals surface area contributed by atoms with Crippen molar-refractivity contribution in [1.29, 1.82) is 0 Å². The van der Waals surface area contributed by atoms with Crippen molar-refractivity contribution in [2.45, 2.75) is 58.2 Å². The largest absolute Gasteiger partial charge is 0.444 e. The SMILES string of the molecule is CC(C)(C)OC(=O)N1CC2(CCCC2NCc2ccccc2)C1. The maximum atomic E-state index is 12.2. The molecule has 1 spiro atoms. The molecule has 1 amide bonds. The first-order valence-corrected chi connectivity index (χ1v) is 8.63. The molecule has 1 aliphatic heterocycles. The number of amides is 1. The zero-order valence-electron chi connectivity index (χ0n) is 14.5. The lowest BCUT2D eigenvalue weighted by Gasteiger charge is -2.51. The number of rotatable bonds is 3. The maximum absolute atomic E-state index is 12.2. The molecule has 0 bridgehead atoms. The number of hydrogen-bond donors (Lipinski definition) is 1. The molecule has 1 saturated carbocycles. The van der Waals surface area contributed by atoms with Gasteiger partial charge in [0.05, 0.1) is 0 Å². The summed E-state index contributed by atoms with van der Waals surface area (Å²) in [5, 5.41) is 3.72. The Labute approximate surface area is 139 Å². The number of likely N-dealkylation sites (tertiary alicyclic amines) is 1. The molecule has 0 radical (unpaired) electrons. The summed E-state index contributed by atoms with van der Waals surface area (Å²) >= 11 is 0. The molecule has 1 N–H and O–H groups in total. The van der Waals surface area contributed by atoms with Crippen LogP contribution in [0.2, 0.25) is 0 Å². The zero-order chi connectivity index (χ0) is 16.5. The Kier molecular flexibility index (Phi) is 4.37. The van der Waals surface area contributed by atoms with E-state index in [1.165, 1.54) is 24.8 Å². The van der Waals surface area contributed by atoms with Crippen LogP contribution < -0.4 is 5.32 Å². The highest BCUT2D eigenvalue weighted by molar-refractivity contribution is 5.69. The summed E-state index contributed by atoms with van der Waals surface area (Å²) in [6, 6.07) is 11.0. The van der Waals surface area contributed by atoms with Crippen LogP contribution >= 0.6 is 0 Å². The number of hydrogen-bond acceptors (Lipinski definition) is 3. The summed E-state index contributed by atoms with van der Waals surface area (Å²) in [6.07, 6.45) is 3.49. The first kappa shape index (κ1) is 16.3. The molecule has 2 aliphatic rings. The highest BCUT2D eigenvalue weighted by Crippen LogP contribution is 2.46. The predicted molar refractivity (Wildman–Crippen MR) is 91.2 cm³/mol. The fourth-order valence-electron chi connectivity index (χ4n) is 3.84. The van der Waals surface area contributed by atoms with E-state index in [0.29, 0.717) is 6.04 Å². The average Bonchev–Trinajstić information content (AvgIpc) is 2.86. The molecular weight excluding hydrogens is 288 g/mol. The molecule has 3 rings (SSSR count). The van der Waals surface area contributed by atoms with E-state index >= 15 is 0 Å². The van der Waals surface area contributed by atoms with E-state index in [1.807, 2.05) is 31.7 Å². The van der Waals surface area contributed by atoms with Crippen molar-refractivity contribution in [3.8, 4) is 0 Å². The minimum Gasteiger partial charge on any atom is -0.444 e. The van der Waals surface area contributed by atoms with E-state index in [4.69, 9.17) is 4.74 Å². The van der Waals surface area contributed by atoms with Crippen LogP contribution in [0, 0.1) is 5.41 Å². The minimum absolute atomic E-state index is 0.170. The fourth-order valence-corrected chi connectivity index (χ4v) is 3.84. The molecule has 1 saturated heterocycles. The molecule has 1 unspecified atom stereocenters. The van der Waals surface area contributed by atoms with Crippen molar-refractivity contribution < 1.29 is 9.53 Å². The van der Waals surface area contributed by atoms with Crippen molar-refractivity contribution in [3.63, 3.8) is 0 Å². The Morgan fingerprint density at radius 2 is 2.00 bits per heavy atom. The first-order chi connectivity index (χ1) is 10.9. The van der Waals surface area contributed by atoms with Crippen LogP contribution in [0.5, 0.6) is 0 Å². The van der Waals surface area contributed by atoms with Crippen molar-refractivity contribution in [3.05, 3.63) is 35.9 Å². The number of ether oxygens (including phenoxy) is 1. The van der Waals surface area contributed by atoms with Crippen molar-refractivity contribution in [2.75, 3.05) is 13.1 Å². The molecule has 1 aromatic rings. The predicted octanol–water partition coefficient (Wildman–Crippen LogP) is 3.57. The van der Waals surface area contributed by atoms with E-state index in [0.717, 1.165) is 19.6 Å². The van der Waals surface area contributed by atoms with Gasteiger partial charge in [0.2, 0.25) is 0 Å². The van der Waals surface area contributed by atoms with Gasteiger partial charge in [-0.15, -0.1) is 0 Å². The van der Waals surface area contributed by atoms with Gasteiger partial charge in [-0.25, -0.2) is 4.79 Å². The lowest BCUT2D eigenvalue weighted by molar-refractivity contribution is -0.0417. The second kappa shape index (κ2) is 6.16. The van der Waals surface area contributed by atoms with Gasteiger partial charge in [-0.2, -0.15) is 0 Å². The van der Waals surface area contributed by atoms with Crippen LogP contribution in [-0.4, -0.2) is 35.7 Å². The molecule has 4 nitrogen and oxygen atoms in total. The van der Waals surface area contributed by atoms with Crippen LogP contribution in [0.4, 0.5) is 4.79 Å². The number of benzene rings is 1. The number of carbonyl (C=O) groups is 1. The second-order valence-electron chi connectivity index (χ2n) is 8.01. The second-order valence-corrected chi connectivity index (χ2v) is 8.01. The van der Waals surface area contributed by atoms with Gasteiger partial charge >= 0.3 is 6.09 Å². The Morgan fingerprint density at radius 3 is 2.65 bits per heavy atom. The van der Waals surface area contributed by atoms with Crippen LogP contribution in [0.1, 0.15) is 45.6 Å². The van der Waals surface area contributed by atoms with Crippen LogP contribution in [-0.2, 0) is 11.3 Å². The highest BCUT2D eigenvalue weighted by atomic mass is 16.6. The van der Waals surface area contributed by atoms with E-state index in [9.17, 15) is 4.79 Å². The lowest BCUT2D eigenvalue weighted by atomic mass is 9.75. The summed E-state index contributed by atoms with van der Waals surface area (Å²) in [4.78, 5) is 14.0. The van der Waals surface area contributed by atoms with Crippen molar-refractivity contribution in [1.82, 2.24) is 10.2 Å². The van der Waals surface area contributed by atoms with Crippen LogP contribution in [0.15, 0.2) is 30.3 Å². The van der Waals surface area contributed by atoms with Gasteiger partial charge in [-0.1, -0.05) is 36.8 Å². The summed E-state index contributed by atoms with van der Waals surface area (Å²) in [6.45, 7) is 8.31.